The fourth-order valence-corrected chi connectivity index (χ4v) is 1.53. The highest BCUT2D eigenvalue weighted by Crippen LogP contribution is 2.07. The molecule has 14 heavy (non-hydrogen) atoms. The Balaban J connectivity index is 0.000000791. The normalized spacial score (nSPS) is 23.6. The standard InChI is InChI=1S/C9H20N2O.C2H6/c1-8(9(2)12)11-6-4-10(3)5-7-11;1-2/h8-9,12H,4-7H2,1-3H3;1-2H3. The number of hydrogen-bond acceptors (Lipinski definition) is 3. The highest BCUT2D eigenvalue weighted by Gasteiger charge is 2.21. The molecule has 3 nitrogen and oxygen atoms in total. The van der Waals surface area contributed by atoms with Gasteiger partial charge >= 0.3 is 0 Å². The van der Waals surface area contributed by atoms with Crippen LogP contribution in [0.4, 0.5) is 0 Å². The van der Waals surface area contributed by atoms with Crippen LogP contribution in [-0.2, 0) is 0 Å². The van der Waals surface area contributed by atoms with Crippen molar-refractivity contribution in [3.63, 3.8) is 0 Å². The minimum atomic E-state index is -0.214. The van der Waals surface area contributed by atoms with E-state index in [-0.39, 0.29) is 6.10 Å². The van der Waals surface area contributed by atoms with Gasteiger partial charge in [-0.15, -0.1) is 0 Å². The van der Waals surface area contributed by atoms with E-state index in [1.54, 1.807) is 0 Å². The molecule has 0 bridgehead atoms. The summed E-state index contributed by atoms with van der Waals surface area (Å²) in [4.78, 5) is 4.68. The lowest BCUT2D eigenvalue weighted by Gasteiger charge is -2.37. The zero-order valence-electron chi connectivity index (χ0n) is 10.3. The molecule has 1 N–H and O–H groups in total. The van der Waals surface area contributed by atoms with E-state index in [0.717, 1.165) is 26.2 Å². The molecule has 0 saturated carbocycles. The Labute approximate surface area is 88.7 Å². The van der Waals surface area contributed by atoms with Gasteiger partial charge in [0, 0.05) is 32.2 Å². The summed E-state index contributed by atoms with van der Waals surface area (Å²) in [6.45, 7) is 12.4. The van der Waals surface area contributed by atoms with Crippen molar-refractivity contribution in [2.24, 2.45) is 0 Å². The summed E-state index contributed by atoms with van der Waals surface area (Å²) in [7, 11) is 2.14. The second-order valence-corrected chi connectivity index (χ2v) is 3.82. The van der Waals surface area contributed by atoms with Crippen molar-refractivity contribution in [3.8, 4) is 0 Å². The first-order valence-electron chi connectivity index (χ1n) is 5.72. The highest BCUT2D eigenvalue weighted by atomic mass is 16.3. The maximum absolute atomic E-state index is 9.38. The molecule has 0 aromatic carbocycles. The monoisotopic (exact) mass is 202 g/mol. The number of likely N-dealkylation sites (N-methyl/N-ethyl adjacent to an activating group) is 1. The van der Waals surface area contributed by atoms with E-state index < -0.39 is 0 Å². The molecule has 0 amide bonds. The summed E-state index contributed by atoms with van der Waals surface area (Å²) in [6.07, 6.45) is -0.214. The zero-order chi connectivity index (χ0) is 11.1. The second kappa shape index (κ2) is 7.21. The fourth-order valence-electron chi connectivity index (χ4n) is 1.53. The van der Waals surface area contributed by atoms with E-state index in [2.05, 4.69) is 23.8 Å². The molecule has 0 radical (unpaired) electrons. The second-order valence-electron chi connectivity index (χ2n) is 3.82. The number of rotatable bonds is 2. The van der Waals surface area contributed by atoms with Crippen LogP contribution in [0, 0.1) is 0 Å². The molecule has 1 heterocycles. The van der Waals surface area contributed by atoms with Gasteiger partial charge < -0.3 is 10.0 Å². The predicted molar refractivity (Wildman–Crippen MR) is 61.6 cm³/mol. The Morgan fingerprint density at radius 3 is 1.79 bits per heavy atom. The molecule has 0 aromatic heterocycles. The van der Waals surface area contributed by atoms with Gasteiger partial charge in [0.15, 0.2) is 0 Å². The van der Waals surface area contributed by atoms with Crippen LogP contribution in [0.5, 0.6) is 0 Å². The van der Waals surface area contributed by atoms with Crippen molar-refractivity contribution in [1.29, 1.82) is 0 Å². The van der Waals surface area contributed by atoms with Crippen LogP contribution in [-0.4, -0.2) is 60.3 Å². The molecular formula is C11H26N2O. The van der Waals surface area contributed by atoms with Gasteiger partial charge in [-0.1, -0.05) is 13.8 Å². The third kappa shape index (κ3) is 4.40. The van der Waals surface area contributed by atoms with Gasteiger partial charge in [-0.05, 0) is 20.9 Å². The highest BCUT2D eigenvalue weighted by molar-refractivity contribution is 4.77. The van der Waals surface area contributed by atoms with Gasteiger partial charge in [-0.3, -0.25) is 4.90 Å². The van der Waals surface area contributed by atoms with E-state index in [1.807, 2.05) is 20.8 Å². The van der Waals surface area contributed by atoms with Crippen LogP contribution in [0.2, 0.25) is 0 Å². The third-order valence-electron chi connectivity index (χ3n) is 2.81. The maximum atomic E-state index is 9.38. The summed E-state index contributed by atoms with van der Waals surface area (Å²) >= 11 is 0. The predicted octanol–water partition coefficient (Wildman–Crippen LogP) is 1.03. The van der Waals surface area contributed by atoms with E-state index in [1.165, 1.54) is 0 Å². The molecule has 1 saturated heterocycles. The zero-order valence-corrected chi connectivity index (χ0v) is 10.3. The average molecular weight is 202 g/mol. The molecule has 3 heteroatoms. The first kappa shape index (κ1) is 13.9. The Bertz CT molecular complexity index is 131. The van der Waals surface area contributed by atoms with Crippen molar-refractivity contribution in [2.75, 3.05) is 33.2 Å². The van der Waals surface area contributed by atoms with Crippen molar-refractivity contribution in [3.05, 3.63) is 0 Å². The van der Waals surface area contributed by atoms with Crippen molar-refractivity contribution in [2.45, 2.75) is 39.8 Å². The first-order valence-corrected chi connectivity index (χ1v) is 5.72. The quantitative estimate of drug-likeness (QED) is 0.724. The first-order chi connectivity index (χ1) is 6.61. The summed E-state index contributed by atoms with van der Waals surface area (Å²) in [5.74, 6) is 0. The van der Waals surface area contributed by atoms with E-state index in [9.17, 15) is 5.11 Å². The van der Waals surface area contributed by atoms with Crippen LogP contribution in [0.15, 0.2) is 0 Å². The smallest absolute Gasteiger partial charge is 0.0664 e. The van der Waals surface area contributed by atoms with E-state index in [0.29, 0.717) is 6.04 Å². The maximum Gasteiger partial charge on any atom is 0.0664 e. The van der Waals surface area contributed by atoms with Crippen molar-refractivity contribution >= 4 is 0 Å². The topological polar surface area (TPSA) is 26.7 Å². The summed E-state index contributed by atoms with van der Waals surface area (Å²) in [5.41, 5.74) is 0. The molecule has 2 atom stereocenters. The lowest BCUT2D eigenvalue weighted by molar-refractivity contribution is 0.0415. The minimum absolute atomic E-state index is 0.214. The van der Waals surface area contributed by atoms with Crippen LogP contribution in [0.1, 0.15) is 27.7 Å². The molecule has 0 aliphatic carbocycles. The van der Waals surface area contributed by atoms with Crippen LogP contribution in [0.3, 0.4) is 0 Å². The molecule has 86 valence electrons. The molecule has 0 spiro atoms. The Hall–Kier alpha value is -0.120. The van der Waals surface area contributed by atoms with Gasteiger partial charge in [0.05, 0.1) is 6.10 Å². The van der Waals surface area contributed by atoms with E-state index >= 15 is 0 Å². The number of nitrogens with zero attached hydrogens (tertiary/aromatic N) is 2. The molecule has 1 rings (SSSR count). The largest absolute Gasteiger partial charge is 0.392 e. The van der Waals surface area contributed by atoms with Crippen molar-refractivity contribution in [1.82, 2.24) is 9.80 Å². The molecule has 2 unspecified atom stereocenters. The average Bonchev–Trinajstić information content (AvgIpc) is 2.21. The Morgan fingerprint density at radius 2 is 1.43 bits per heavy atom. The summed E-state index contributed by atoms with van der Waals surface area (Å²) in [6, 6.07) is 0.304. The van der Waals surface area contributed by atoms with Gasteiger partial charge in [-0.2, -0.15) is 0 Å². The fraction of sp³-hybridized carbons (Fsp3) is 1.00. The summed E-state index contributed by atoms with van der Waals surface area (Å²) in [5, 5.41) is 9.38. The van der Waals surface area contributed by atoms with Gasteiger partial charge in [0.25, 0.3) is 0 Å². The molecule has 1 aliphatic rings. The Morgan fingerprint density at radius 1 is 1.00 bits per heavy atom. The van der Waals surface area contributed by atoms with E-state index in [4.69, 9.17) is 0 Å². The molecule has 1 fully saturated rings. The third-order valence-corrected chi connectivity index (χ3v) is 2.81. The van der Waals surface area contributed by atoms with Crippen molar-refractivity contribution < 1.29 is 5.11 Å². The number of aliphatic hydroxyl groups excluding tert-OH is 1. The molecular weight excluding hydrogens is 176 g/mol. The SMILES string of the molecule is CC.CC(O)C(C)N1CCN(C)CC1. The minimum Gasteiger partial charge on any atom is -0.392 e. The van der Waals surface area contributed by atoms with Gasteiger partial charge in [-0.25, -0.2) is 0 Å². The lowest BCUT2D eigenvalue weighted by Crippen LogP contribution is -2.51. The Kier molecular flexibility index (Phi) is 7.15. The van der Waals surface area contributed by atoms with Gasteiger partial charge in [0.1, 0.15) is 0 Å². The van der Waals surface area contributed by atoms with Crippen LogP contribution < -0.4 is 0 Å². The summed E-state index contributed by atoms with van der Waals surface area (Å²) < 4.78 is 0. The lowest BCUT2D eigenvalue weighted by atomic mass is 10.1. The number of hydrogen-bond donors (Lipinski definition) is 1. The molecule has 0 aromatic rings. The van der Waals surface area contributed by atoms with Crippen LogP contribution in [0.25, 0.3) is 0 Å². The number of aliphatic hydroxyl groups is 1. The van der Waals surface area contributed by atoms with Crippen LogP contribution >= 0.6 is 0 Å². The van der Waals surface area contributed by atoms with Gasteiger partial charge in [0.2, 0.25) is 0 Å². The number of piperazine rings is 1. The molecule has 1 aliphatic heterocycles.